The molecule has 2 aliphatic rings. The zero-order valence-electron chi connectivity index (χ0n) is 14.8. The lowest BCUT2D eigenvalue weighted by Gasteiger charge is -2.32. The van der Waals surface area contributed by atoms with Gasteiger partial charge in [0.1, 0.15) is 0 Å². The lowest BCUT2D eigenvalue weighted by molar-refractivity contribution is -0.0370. The number of ether oxygens (including phenoxy) is 1. The van der Waals surface area contributed by atoms with Crippen LogP contribution in [0, 0.1) is 0 Å². The van der Waals surface area contributed by atoms with Crippen LogP contribution in [0.1, 0.15) is 53.2 Å². The van der Waals surface area contributed by atoms with Crippen molar-refractivity contribution in [1.82, 2.24) is 14.8 Å². The van der Waals surface area contributed by atoms with E-state index in [0.717, 1.165) is 42.4 Å². The second kappa shape index (κ2) is 5.54. The molecule has 2 aromatic rings. The number of fused-ring (bicyclic) bond motifs is 1. The van der Waals surface area contributed by atoms with Crippen molar-refractivity contribution in [2.24, 2.45) is 0 Å². The van der Waals surface area contributed by atoms with Crippen LogP contribution in [0.5, 0.6) is 0 Å². The van der Waals surface area contributed by atoms with Crippen molar-refractivity contribution in [3.05, 3.63) is 18.5 Å². The van der Waals surface area contributed by atoms with Gasteiger partial charge in [0.2, 0.25) is 0 Å². The van der Waals surface area contributed by atoms with Gasteiger partial charge in [-0.25, -0.2) is 9.67 Å². The Morgan fingerprint density at radius 3 is 2.54 bits per heavy atom. The van der Waals surface area contributed by atoms with E-state index in [4.69, 9.17) is 14.0 Å². The monoisotopic (exact) mass is 329 g/mol. The standard InChI is InChI=1S/C17H24BN3O3/c1-16(2)17(3,4)24-18(23-16)13-9-12-10-20-21(15(12)19-11-13)14-7-5-6-8-22-14/h9-11,14H,5-8H2,1-4H3. The van der Waals surface area contributed by atoms with Crippen LogP contribution in [0.15, 0.2) is 18.5 Å². The van der Waals surface area contributed by atoms with Crippen LogP contribution in [0.2, 0.25) is 0 Å². The fraction of sp³-hybridized carbons (Fsp3) is 0.647. The van der Waals surface area contributed by atoms with Crippen molar-refractivity contribution in [2.75, 3.05) is 6.61 Å². The van der Waals surface area contributed by atoms with Crippen LogP contribution in [0.3, 0.4) is 0 Å². The molecule has 2 aromatic heterocycles. The Hall–Kier alpha value is -1.44. The first-order valence-electron chi connectivity index (χ1n) is 8.68. The number of hydrogen-bond donors (Lipinski definition) is 0. The number of nitrogens with zero attached hydrogens (tertiary/aromatic N) is 3. The van der Waals surface area contributed by atoms with E-state index in [0.29, 0.717) is 0 Å². The van der Waals surface area contributed by atoms with Gasteiger partial charge in [0, 0.05) is 23.7 Å². The van der Waals surface area contributed by atoms with Gasteiger partial charge in [-0.2, -0.15) is 5.10 Å². The Labute approximate surface area is 142 Å². The smallest absolute Gasteiger partial charge is 0.399 e. The molecular weight excluding hydrogens is 305 g/mol. The van der Waals surface area contributed by atoms with E-state index in [2.05, 4.69) is 43.8 Å². The largest absolute Gasteiger partial charge is 0.496 e. The molecule has 0 spiro atoms. The molecule has 7 heteroatoms. The number of hydrogen-bond acceptors (Lipinski definition) is 5. The Balaban J connectivity index is 1.63. The van der Waals surface area contributed by atoms with E-state index >= 15 is 0 Å². The van der Waals surface area contributed by atoms with Gasteiger partial charge in [0.15, 0.2) is 11.9 Å². The molecule has 4 rings (SSSR count). The highest BCUT2D eigenvalue weighted by molar-refractivity contribution is 6.62. The summed E-state index contributed by atoms with van der Waals surface area (Å²) in [5, 5.41) is 5.47. The molecule has 4 heterocycles. The molecule has 0 aromatic carbocycles. The fourth-order valence-electron chi connectivity index (χ4n) is 3.19. The molecule has 128 valence electrons. The molecular formula is C17H24BN3O3. The molecule has 6 nitrogen and oxygen atoms in total. The third-order valence-corrected chi connectivity index (χ3v) is 5.41. The highest BCUT2D eigenvalue weighted by Gasteiger charge is 2.51. The van der Waals surface area contributed by atoms with Gasteiger partial charge in [0.05, 0.1) is 17.4 Å². The van der Waals surface area contributed by atoms with Crippen molar-refractivity contribution < 1.29 is 14.0 Å². The molecule has 2 aliphatic heterocycles. The van der Waals surface area contributed by atoms with Crippen LogP contribution in [-0.2, 0) is 14.0 Å². The maximum Gasteiger partial charge on any atom is 0.496 e. The minimum absolute atomic E-state index is 0.00792. The van der Waals surface area contributed by atoms with Crippen molar-refractivity contribution >= 4 is 23.6 Å². The average Bonchev–Trinajstić information content (AvgIpc) is 3.06. The molecule has 0 aliphatic carbocycles. The van der Waals surface area contributed by atoms with Crippen molar-refractivity contribution in [3.8, 4) is 0 Å². The summed E-state index contributed by atoms with van der Waals surface area (Å²) in [6.45, 7) is 9.00. The van der Waals surface area contributed by atoms with Crippen LogP contribution in [-0.4, -0.2) is 39.7 Å². The van der Waals surface area contributed by atoms with Gasteiger partial charge in [0.25, 0.3) is 0 Å². The minimum atomic E-state index is -0.402. The summed E-state index contributed by atoms with van der Waals surface area (Å²) < 4.78 is 19.9. The summed E-state index contributed by atoms with van der Waals surface area (Å²) in [5.74, 6) is 0. The highest BCUT2D eigenvalue weighted by atomic mass is 16.7. The first-order valence-corrected chi connectivity index (χ1v) is 8.68. The van der Waals surface area contributed by atoms with Crippen LogP contribution in [0.25, 0.3) is 11.0 Å². The predicted octanol–water partition coefficient (Wildman–Crippen LogP) is 2.43. The van der Waals surface area contributed by atoms with Crippen LogP contribution < -0.4 is 5.46 Å². The second-order valence-electron chi connectivity index (χ2n) is 7.68. The summed E-state index contributed by atoms with van der Waals surface area (Å²) in [4.78, 5) is 4.62. The molecule has 0 saturated carbocycles. The minimum Gasteiger partial charge on any atom is -0.399 e. The summed E-state index contributed by atoms with van der Waals surface area (Å²) in [7, 11) is -0.402. The fourth-order valence-corrected chi connectivity index (χ4v) is 3.19. The SMILES string of the molecule is CC1(C)OB(c2cnc3c(cnn3C3CCCCO3)c2)OC1(C)C. The van der Waals surface area contributed by atoms with Gasteiger partial charge in [-0.15, -0.1) is 0 Å². The number of pyridine rings is 1. The normalized spacial score (nSPS) is 26.2. The third kappa shape index (κ3) is 2.55. The lowest BCUT2D eigenvalue weighted by atomic mass is 9.80. The molecule has 0 bridgehead atoms. The molecule has 0 radical (unpaired) electrons. The summed E-state index contributed by atoms with van der Waals surface area (Å²) >= 11 is 0. The molecule has 0 amide bonds. The molecule has 1 atom stereocenters. The van der Waals surface area contributed by atoms with Gasteiger partial charge < -0.3 is 14.0 Å². The highest BCUT2D eigenvalue weighted by Crippen LogP contribution is 2.36. The second-order valence-corrected chi connectivity index (χ2v) is 7.68. The Kier molecular flexibility index (Phi) is 3.71. The third-order valence-electron chi connectivity index (χ3n) is 5.41. The van der Waals surface area contributed by atoms with E-state index in [1.54, 1.807) is 0 Å². The maximum atomic E-state index is 6.11. The van der Waals surface area contributed by atoms with Crippen molar-refractivity contribution in [1.29, 1.82) is 0 Å². The molecule has 0 N–H and O–H groups in total. The van der Waals surface area contributed by atoms with E-state index < -0.39 is 7.12 Å². The molecule has 2 fully saturated rings. The van der Waals surface area contributed by atoms with E-state index in [1.807, 2.05) is 17.1 Å². The van der Waals surface area contributed by atoms with Crippen LogP contribution >= 0.6 is 0 Å². The Morgan fingerprint density at radius 2 is 1.88 bits per heavy atom. The van der Waals surface area contributed by atoms with Gasteiger partial charge in [-0.1, -0.05) is 0 Å². The predicted molar refractivity (Wildman–Crippen MR) is 92.1 cm³/mol. The first kappa shape index (κ1) is 16.1. The lowest BCUT2D eigenvalue weighted by Crippen LogP contribution is -2.41. The van der Waals surface area contributed by atoms with Gasteiger partial charge >= 0.3 is 7.12 Å². The van der Waals surface area contributed by atoms with Crippen molar-refractivity contribution in [3.63, 3.8) is 0 Å². The Bertz CT molecular complexity index is 737. The number of rotatable bonds is 2. The molecule has 24 heavy (non-hydrogen) atoms. The quantitative estimate of drug-likeness (QED) is 0.792. The zero-order chi connectivity index (χ0) is 16.9. The van der Waals surface area contributed by atoms with E-state index in [-0.39, 0.29) is 17.4 Å². The molecule has 1 unspecified atom stereocenters. The molecule has 2 saturated heterocycles. The first-order chi connectivity index (χ1) is 11.4. The average molecular weight is 329 g/mol. The summed E-state index contributed by atoms with van der Waals surface area (Å²) in [6.07, 6.45) is 6.93. The van der Waals surface area contributed by atoms with E-state index in [9.17, 15) is 0 Å². The summed E-state index contributed by atoms with van der Waals surface area (Å²) in [6, 6.07) is 2.05. The number of aromatic nitrogens is 3. The topological polar surface area (TPSA) is 58.4 Å². The van der Waals surface area contributed by atoms with Crippen molar-refractivity contribution in [2.45, 2.75) is 64.4 Å². The van der Waals surface area contributed by atoms with E-state index in [1.165, 1.54) is 0 Å². The van der Waals surface area contributed by atoms with Gasteiger partial charge in [-0.3, -0.25) is 0 Å². The van der Waals surface area contributed by atoms with Gasteiger partial charge in [-0.05, 0) is 53.0 Å². The van der Waals surface area contributed by atoms with Crippen LogP contribution in [0.4, 0.5) is 0 Å². The Morgan fingerprint density at radius 1 is 1.12 bits per heavy atom. The summed E-state index contributed by atoms with van der Waals surface area (Å²) in [5.41, 5.74) is 1.06. The zero-order valence-corrected chi connectivity index (χ0v) is 14.8. The maximum absolute atomic E-state index is 6.11.